The van der Waals surface area contributed by atoms with Gasteiger partial charge in [0.1, 0.15) is 0 Å². The zero-order valence-electron chi connectivity index (χ0n) is 15.3. The van der Waals surface area contributed by atoms with Crippen LogP contribution >= 0.6 is 35.7 Å². The number of hydrogen-bond donors (Lipinski definition) is 1. The summed E-state index contributed by atoms with van der Waals surface area (Å²) in [6, 6.07) is 0. The Bertz CT molecular complexity index is 359. The second kappa shape index (κ2) is 11.0. The van der Waals surface area contributed by atoms with Crippen molar-refractivity contribution in [3.05, 3.63) is 0 Å². The van der Waals surface area contributed by atoms with Gasteiger partial charge in [0.2, 0.25) is 0 Å². The molecule has 0 radical (unpaired) electrons. The molecule has 0 aliphatic carbocycles. The zero-order chi connectivity index (χ0) is 15.9. The maximum Gasteiger partial charge on any atom is 0.193 e. The normalized spacial score (nSPS) is 24.7. The second-order valence-electron chi connectivity index (χ2n) is 7.14. The predicted octanol–water partition coefficient (Wildman–Crippen LogP) is 2.99. The third kappa shape index (κ3) is 6.98. The van der Waals surface area contributed by atoms with Gasteiger partial charge in [0, 0.05) is 44.2 Å². The van der Waals surface area contributed by atoms with Crippen molar-refractivity contribution in [1.29, 1.82) is 0 Å². The largest absolute Gasteiger partial charge is 0.356 e. The highest BCUT2D eigenvalue weighted by Crippen LogP contribution is 2.24. The Morgan fingerprint density at radius 2 is 1.91 bits per heavy atom. The maximum absolute atomic E-state index is 4.52. The molecule has 0 amide bonds. The molecule has 2 aliphatic rings. The summed E-state index contributed by atoms with van der Waals surface area (Å²) in [7, 11) is 1.92. The molecule has 0 saturated carbocycles. The van der Waals surface area contributed by atoms with Crippen LogP contribution in [0.25, 0.3) is 0 Å². The highest BCUT2D eigenvalue weighted by atomic mass is 127. The molecular weight excluding hydrogens is 419 g/mol. The van der Waals surface area contributed by atoms with Crippen molar-refractivity contribution >= 4 is 41.7 Å². The summed E-state index contributed by atoms with van der Waals surface area (Å²) >= 11 is 2.12. The van der Waals surface area contributed by atoms with E-state index in [-0.39, 0.29) is 24.0 Å². The summed E-state index contributed by atoms with van der Waals surface area (Å²) in [6.07, 6.45) is 2.76. The SMILES string of the molecule is CN=C(NCC(C)CN1CCCC1)N1CCSC(C(C)C)C1.I. The van der Waals surface area contributed by atoms with Crippen molar-refractivity contribution in [2.75, 3.05) is 52.1 Å². The van der Waals surface area contributed by atoms with Gasteiger partial charge in [-0.2, -0.15) is 11.8 Å². The van der Waals surface area contributed by atoms with E-state index in [1.165, 1.54) is 38.2 Å². The van der Waals surface area contributed by atoms with Crippen molar-refractivity contribution < 1.29 is 0 Å². The van der Waals surface area contributed by atoms with Gasteiger partial charge in [0.05, 0.1) is 0 Å². The summed E-state index contributed by atoms with van der Waals surface area (Å²) in [4.78, 5) is 9.56. The van der Waals surface area contributed by atoms with E-state index in [4.69, 9.17) is 0 Å². The molecule has 2 heterocycles. The minimum Gasteiger partial charge on any atom is -0.356 e. The van der Waals surface area contributed by atoms with E-state index < -0.39 is 0 Å². The minimum atomic E-state index is 0. The molecular formula is C17H35IN4S. The van der Waals surface area contributed by atoms with Crippen LogP contribution in [0.15, 0.2) is 4.99 Å². The first-order chi connectivity index (χ1) is 10.6. The fraction of sp³-hybridized carbons (Fsp3) is 0.941. The average Bonchev–Trinajstić information content (AvgIpc) is 3.01. The molecule has 2 aliphatic heterocycles. The molecule has 6 heteroatoms. The molecule has 2 saturated heterocycles. The van der Waals surface area contributed by atoms with Crippen molar-refractivity contribution in [2.45, 2.75) is 38.9 Å². The van der Waals surface area contributed by atoms with E-state index >= 15 is 0 Å². The molecule has 2 atom stereocenters. The molecule has 0 aromatic heterocycles. The summed E-state index contributed by atoms with van der Waals surface area (Å²) in [5.41, 5.74) is 0. The zero-order valence-corrected chi connectivity index (χ0v) is 18.4. The number of nitrogens with zero attached hydrogens (tertiary/aromatic N) is 3. The number of rotatable bonds is 5. The first kappa shape index (κ1) is 21.4. The van der Waals surface area contributed by atoms with Crippen LogP contribution in [0.1, 0.15) is 33.6 Å². The van der Waals surface area contributed by atoms with Crippen molar-refractivity contribution in [3.8, 4) is 0 Å². The lowest BCUT2D eigenvalue weighted by molar-refractivity contribution is 0.285. The maximum atomic E-state index is 4.52. The smallest absolute Gasteiger partial charge is 0.193 e. The number of likely N-dealkylation sites (tertiary alicyclic amines) is 1. The summed E-state index contributed by atoms with van der Waals surface area (Å²) < 4.78 is 0. The van der Waals surface area contributed by atoms with Crippen molar-refractivity contribution in [2.24, 2.45) is 16.8 Å². The number of hydrogen-bond acceptors (Lipinski definition) is 3. The van der Waals surface area contributed by atoms with E-state index in [9.17, 15) is 0 Å². The Labute approximate surface area is 164 Å². The van der Waals surface area contributed by atoms with Gasteiger partial charge in [0.15, 0.2) is 5.96 Å². The fourth-order valence-electron chi connectivity index (χ4n) is 3.34. The van der Waals surface area contributed by atoms with Crippen LogP contribution in [0.4, 0.5) is 0 Å². The van der Waals surface area contributed by atoms with Gasteiger partial charge in [-0.3, -0.25) is 4.99 Å². The fourth-order valence-corrected chi connectivity index (χ4v) is 4.64. The van der Waals surface area contributed by atoms with E-state index in [1.807, 2.05) is 7.05 Å². The quantitative estimate of drug-likeness (QED) is 0.393. The lowest BCUT2D eigenvalue weighted by Gasteiger charge is -2.36. The lowest BCUT2D eigenvalue weighted by Crippen LogP contribution is -2.50. The summed E-state index contributed by atoms with van der Waals surface area (Å²) in [5, 5.41) is 4.34. The molecule has 4 nitrogen and oxygen atoms in total. The molecule has 2 unspecified atom stereocenters. The number of nitrogens with one attached hydrogen (secondary N) is 1. The average molecular weight is 454 g/mol. The highest BCUT2D eigenvalue weighted by molar-refractivity contribution is 14.0. The molecule has 0 bridgehead atoms. The molecule has 2 rings (SSSR count). The summed E-state index contributed by atoms with van der Waals surface area (Å²) in [5.74, 6) is 3.72. The molecule has 2 fully saturated rings. The first-order valence-corrected chi connectivity index (χ1v) is 9.94. The van der Waals surface area contributed by atoms with Gasteiger partial charge < -0.3 is 15.1 Å². The molecule has 23 heavy (non-hydrogen) atoms. The van der Waals surface area contributed by atoms with Crippen LogP contribution < -0.4 is 5.32 Å². The second-order valence-corrected chi connectivity index (χ2v) is 8.49. The van der Waals surface area contributed by atoms with Crippen LogP contribution in [0, 0.1) is 11.8 Å². The highest BCUT2D eigenvalue weighted by Gasteiger charge is 2.25. The van der Waals surface area contributed by atoms with Crippen LogP contribution in [-0.4, -0.2) is 73.1 Å². The van der Waals surface area contributed by atoms with Crippen LogP contribution in [0.5, 0.6) is 0 Å². The molecule has 136 valence electrons. The molecule has 0 spiro atoms. The van der Waals surface area contributed by atoms with Crippen LogP contribution in [-0.2, 0) is 0 Å². The summed E-state index contributed by atoms with van der Waals surface area (Å²) in [6.45, 7) is 14.1. The Kier molecular flexibility index (Phi) is 10.2. The van der Waals surface area contributed by atoms with Gasteiger partial charge in [0.25, 0.3) is 0 Å². The third-order valence-corrected chi connectivity index (χ3v) is 6.27. The molecule has 0 aromatic carbocycles. The van der Waals surface area contributed by atoms with Crippen molar-refractivity contribution in [3.63, 3.8) is 0 Å². The monoisotopic (exact) mass is 454 g/mol. The number of halogens is 1. The van der Waals surface area contributed by atoms with E-state index in [0.29, 0.717) is 5.92 Å². The van der Waals surface area contributed by atoms with Gasteiger partial charge in [-0.15, -0.1) is 24.0 Å². The van der Waals surface area contributed by atoms with E-state index in [1.54, 1.807) is 0 Å². The topological polar surface area (TPSA) is 30.9 Å². The lowest BCUT2D eigenvalue weighted by atomic mass is 10.1. The Hall–Kier alpha value is 0.310. The van der Waals surface area contributed by atoms with E-state index in [2.05, 4.69) is 52.6 Å². The van der Waals surface area contributed by atoms with Crippen LogP contribution in [0.2, 0.25) is 0 Å². The van der Waals surface area contributed by atoms with Gasteiger partial charge in [-0.1, -0.05) is 20.8 Å². The van der Waals surface area contributed by atoms with E-state index in [0.717, 1.165) is 36.8 Å². The van der Waals surface area contributed by atoms with Crippen molar-refractivity contribution in [1.82, 2.24) is 15.1 Å². The predicted molar refractivity (Wildman–Crippen MR) is 114 cm³/mol. The van der Waals surface area contributed by atoms with Crippen LogP contribution in [0.3, 0.4) is 0 Å². The third-order valence-electron chi connectivity index (χ3n) is 4.73. The van der Waals surface area contributed by atoms with Gasteiger partial charge >= 0.3 is 0 Å². The Balaban J connectivity index is 0.00000264. The minimum absolute atomic E-state index is 0. The number of guanidine groups is 1. The number of aliphatic imine (C=N–C) groups is 1. The Morgan fingerprint density at radius 3 is 2.52 bits per heavy atom. The van der Waals surface area contributed by atoms with Gasteiger partial charge in [-0.25, -0.2) is 0 Å². The molecule has 1 N–H and O–H groups in total. The van der Waals surface area contributed by atoms with Gasteiger partial charge in [-0.05, 0) is 37.8 Å². The Morgan fingerprint density at radius 1 is 1.22 bits per heavy atom. The molecule has 0 aromatic rings. The first-order valence-electron chi connectivity index (χ1n) is 8.89. The number of thioether (sulfide) groups is 1. The standard InChI is InChI=1S/C17H34N4S.HI/c1-14(2)16-13-21(9-10-22-16)17(18-4)19-11-15(3)12-20-7-5-6-8-20;/h14-16H,5-13H2,1-4H3,(H,18,19);1H.